The molecule has 0 aromatic heterocycles. The summed E-state index contributed by atoms with van der Waals surface area (Å²) in [4.78, 5) is 65.2. The number of carbonyl (C=O) groups excluding carboxylic acids is 5. The third-order valence-electron chi connectivity index (χ3n) is 9.91. The Balaban J connectivity index is 0.00000520. The Kier molecular flexibility index (Phi) is 11.7. The molecule has 2 aromatic rings. The lowest BCUT2D eigenvalue weighted by Crippen LogP contribution is -2.66. The number of hydrogen-bond acceptors (Lipinski definition) is 8. The van der Waals surface area contributed by atoms with Crippen molar-refractivity contribution < 1.29 is 33.8 Å². The van der Waals surface area contributed by atoms with Gasteiger partial charge in [0.25, 0.3) is 0 Å². The van der Waals surface area contributed by atoms with E-state index in [-0.39, 0.29) is 42.9 Å². The number of rotatable bonds is 13. The number of nitrogens with two attached hydrogens (primary N) is 1. The second-order valence-electron chi connectivity index (χ2n) is 13.7. The molecule has 0 aliphatic heterocycles. The van der Waals surface area contributed by atoms with Crippen LogP contribution >= 0.6 is 12.4 Å². The van der Waals surface area contributed by atoms with E-state index in [2.05, 4.69) is 21.3 Å². The largest absolute Gasteiger partial charge is 0.508 e. The second kappa shape index (κ2) is 15.4. The van der Waals surface area contributed by atoms with Crippen molar-refractivity contribution in [2.24, 2.45) is 23.0 Å². The van der Waals surface area contributed by atoms with Gasteiger partial charge in [0.2, 0.25) is 23.6 Å². The number of halogens is 1. The van der Waals surface area contributed by atoms with Gasteiger partial charge in [-0.25, -0.2) is 0 Å². The van der Waals surface area contributed by atoms with E-state index in [1.807, 2.05) is 30.3 Å². The quantitative estimate of drug-likeness (QED) is 0.172. The van der Waals surface area contributed by atoms with Crippen LogP contribution in [0.5, 0.6) is 5.75 Å². The first-order chi connectivity index (χ1) is 22.4. The Morgan fingerprint density at radius 3 is 2.12 bits per heavy atom. The number of phenols is 1. The summed E-state index contributed by atoms with van der Waals surface area (Å²) in [7, 11) is 1.42. The Morgan fingerprint density at radius 1 is 0.875 bits per heavy atom. The molecule has 2 unspecified atom stereocenters. The molecule has 4 aliphatic carbocycles. The number of nitrogens with one attached hydrogen (secondary N) is 4. The van der Waals surface area contributed by atoms with Gasteiger partial charge in [0.05, 0.1) is 25.1 Å². The van der Waals surface area contributed by atoms with Gasteiger partial charge in [-0.2, -0.15) is 0 Å². The van der Waals surface area contributed by atoms with Crippen LogP contribution in [-0.2, 0) is 41.6 Å². The molecule has 4 bridgehead atoms. The predicted molar refractivity (Wildman–Crippen MR) is 180 cm³/mol. The SMILES string of the molecule is COC(=O)C12CC3CC(CC(NC(=O)[C@H](Cc4ccccc4)NC(=O)CNC(=O)[C@@H](C)NC(=O)[C@@H](N)Cc4ccc(O)cc4)(C3)C1)C2.Cl. The molecule has 2 aromatic carbocycles. The minimum atomic E-state index is -0.970. The Labute approximate surface area is 286 Å². The highest BCUT2D eigenvalue weighted by atomic mass is 35.5. The lowest BCUT2D eigenvalue weighted by Gasteiger charge is -2.60. The number of benzene rings is 2. The molecular weight excluding hydrogens is 638 g/mol. The average molecular weight is 684 g/mol. The van der Waals surface area contributed by atoms with E-state index in [1.165, 1.54) is 26.2 Å². The standard InChI is InChI=1S/C35H45N5O7.ClH/c1-21(38-31(44)27(36)13-23-8-10-26(41)11-9-23)30(43)37-19-29(42)39-28(14-22-6-4-3-5-7-22)32(45)40-35-17-24-12-25(18-35)16-34(15-24,20-35)33(46)47-2;/h3-11,21,24-25,27-28,41H,12-20,36H2,1-2H3,(H,37,43)(H,38,44)(H,39,42)(H,40,45);1H/t21-,24?,25?,27+,28+,34?,35?;/m1./s1. The highest BCUT2D eigenvalue weighted by Crippen LogP contribution is 2.62. The molecule has 4 amide bonds. The smallest absolute Gasteiger partial charge is 0.311 e. The van der Waals surface area contributed by atoms with Crippen molar-refractivity contribution in [1.82, 2.24) is 21.3 Å². The summed E-state index contributed by atoms with van der Waals surface area (Å²) in [6.07, 6.45) is 5.15. The summed E-state index contributed by atoms with van der Waals surface area (Å²) < 4.78 is 5.21. The number of phenolic OH excluding ortho intramolecular Hbond substituents is 1. The molecule has 12 nitrogen and oxygen atoms in total. The van der Waals surface area contributed by atoms with Gasteiger partial charge in [0.1, 0.15) is 17.8 Å². The van der Waals surface area contributed by atoms with Crippen LogP contribution in [0.3, 0.4) is 0 Å². The van der Waals surface area contributed by atoms with Crippen molar-refractivity contribution in [2.75, 3.05) is 13.7 Å². The molecule has 48 heavy (non-hydrogen) atoms. The monoisotopic (exact) mass is 683 g/mol. The van der Waals surface area contributed by atoms with Crippen molar-refractivity contribution in [3.63, 3.8) is 0 Å². The zero-order chi connectivity index (χ0) is 33.8. The molecular formula is C35H46ClN5O7. The van der Waals surface area contributed by atoms with E-state index < -0.39 is 53.3 Å². The maximum absolute atomic E-state index is 13.9. The van der Waals surface area contributed by atoms with E-state index in [9.17, 15) is 29.1 Å². The van der Waals surface area contributed by atoms with Gasteiger partial charge >= 0.3 is 5.97 Å². The van der Waals surface area contributed by atoms with Gasteiger partial charge < -0.3 is 36.8 Å². The molecule has 6 rings (SSSR count). The van der Waals surface area contributed by atoms with Crippen LogP contribution in [0.2, 0.25) is 0 Å². The van der Waals surface area contributed by atoms with Gasteiger partial charge in [0.15, 0.2) is 0 Å². The van der Waals surface area contributed by atoms with Gasteiger partial charge in [-0.15, -0.1) is 12.4 Å². The number of carbonyl (C=O) groups is 5. The molecule has 5 atom stereocenters. The number of methoxy groups -OCH3 is 1. The fourth-order valence-corrected chi connectivity index (χ4v) is 8.20. The van der Waals surface area contributed by atoms with Crippen molar-refractivity contribution >= 4 is 42.0 Å². The van der Waals surface area contributed by atoms with Crippen LogP contribution < -0.4 is 27.0 Å². The predicted octanol–water partition coefficient (Wildman–Crippen LogP) is 1.66. The van der Waals surface area contributed by atoms with E-state index in [4.69, 9.17) is 10.5 Å². The minimum Gasteiger partial charge on any atom is -0.508 e. The zero-order valence-electron chi connectivity index (χ0n) is 27.3. The Bertz CT molecular complexity index is 1470. The average Bonchev–Trinajstić information content (AvgIpc) is 3.03. The van der Waals surface area contributed by atoms with Crippen molar-refractivity contribution in [3.8, 4) is 5.75 Å². The Hall–Kier alpha value is -4.16. The second-order valence-corrected chi connectivity index (χ2v) is 13.7. The molecule has 13 heteroatoms. The molecule has 4 saturated carbocycles. The fraction of sp³-hybridized carbons (Fsp3) is 0.514. The number of esters is 1. The molecule has 260 valence electrons. The van der Waals surface area contributed by atoms with Crippen LogP contribution in [0.25, 0.3) is 0 Å². The van der Waals surface area contributed by atoms with Crippen LogP contribution in [0, 0.1) is 17.3 Å². The van der Waals surface area contributed by atoms with Crippen LogP contribution in [0.4, 0.5) is 0 Å². The Morgan fingerprint density at radius 2 is 1.50 bits per heavy atom. The van der Waals surface area contributed by atoms with E-state index in [1.54, 1.807) is 12.1 Å². The fourth-order valence-electron chi connectivity index (χ4n) is 8.20. The summed E-state index contributed by atoms with van der Waals surface area (Å²) in [5.41, 5.74) is 6.49. The first-order valence-corrected chi connectivity index (χ1v) is 16.2. The summed E-state index contributed by atoms with van der Waals surface area (Å²) in [5.74, 6) is -1.47. The topological polar surface area (TPSA) is 189 Å². The number of aromatic hydroxyl groups is 1. The van der Waals surface area contributed by atoms with Crippen LogP contribution in [-0.4, -0.2) is 72.0 Å². The normalized spacial score (nSPS) is 25.4. The van der Waals surface area contributed by atoms with Gasteiger partial charge in [-0.1, -0.05) is 42.5 Å². The highest BCUT2D eigenvalue weighted by molar-refractivity contribution is 5.93. The zero-order valence-corrected chi connectivity index (χ0v) is 28.1. The third kappa shape index (κ3) is 8.65. The summed E-state index contributed by atoms with van der Waals surface area (Å²) in [6.45, 7) is 1.08. The van der Waals surface area contributed by atoms with Gasteiger partial charge in [-0.05, 0) is 87.0 Å². The van der Waals surface area contributed by atoms with Crippen molar-refractivity contribution in [1.29, 1.82) is 0 Å². The third-order valence-corrected chi connectivity index (χ3v) is 9.91. The number of hydrogen-bond donors (Lipinski definition) is 6. The maximum Gasteiger partial charge on any atom is 0.311 e. The first-order valence-electron chi connectivity index (χ1n) is 16.2. The lowest BCUT2D eigenvalue weighted by molar-refractivity contribution is -0.173. The molecule has 0 heterocycles. The summed E-state index contributed by atoms with van der Waals surface area (Å²) in [5, 5.41) is 20.6. The molecule has 0 saturated heterocycles. The van der Waals surface area contributed by atoms with E-state index in [0.29, 0.717) is 18.3 Å². The molecule has 0 radical (unpaired) electrons. The van der Waals surface area contributed by atoms with E-state index in [0.717, 1.165) is 43.2 Å². The maximum atomic E-state index is 13.9. The molecule has 0 spiro atoms. The lowest BCUT2D eigenvalue weighted by atomic mass is 9.47. The first kappa shape index (κ1) is 36.7. The summed E-state index contributed by atoms with van der Waals surface area (Å²) >= 11 is 0. The van der Waals surface area contributed by atoms with E-state index >= 15 is 0 Å². The minimum absolute atomic E-state index is 0. The van der Waals surface area contributed by atoms with Crippen LogP contribution in [0.1, 0.15) is 56.6 Å². The number of amides is 4. The number of ether oxygens (including phenoxy) is 1. The molecule has 7 N–H and O–H groups in total. The highest BCUT2D eigenvalue weighted by Gasteiger charge is 2.61. The summed E-state index contributed by atoms with van der Waals surface area (Å²) in [6, 6.07) is 12.8. The van der Waals surface area contributed by atoms with Gasteiger partial charge in [0, 0.05) is 12.0 Å². The van der Waals surface area contributed by atoms with Crippen LogP contribution in [0.15, 0.2) is 54.6 Å². The van der Waals surface area contributed by atoms with Gasteiger partial charge in [-0.3, -0.25) is 24.0 Å². The van der Waals surface area contributed by atoms with Crippen molar-refractivity contribution in [3.05, 3.63) is 65.7 Å². The molecule has 4 fully saturated rings. The van der Waals surface area contributed by atoms with Crippen molar-refractivity contribution in [2.45, 2.75) is 82.0 Å². The molecule has 4 aliphatic rings.